The normalized spacial score (nSPS) is 10.7. The van der Waals surface area contributed by atoms with E-state index in [0.29, 0.717) is 30.3 Å². The van der Waals surface area contributed by atoms with Gasteiger partial charge in [-0.3, -0.25) is 10.1 Å². The Morgan fingerprint density at radius 1 is 0.815 bits per heavy atom. The molecule has 5 nitrogen and oxygen atoms in total. The van der Waals surface area contributed by atoms with Gasteiger partial charge < -0.3 is 9.47 Å². The molecule has 0 aliphatic heterocycles. The third kappa shape index (κ3) is 5.71. The van der Waals surface area contributed by atoms with Crippen LogP contribution in [0.3, 0.4) is 0 Å². The molecule has 0 N–H and O–H groups in total. The predicted molar refractivity (Wildman–Crippen MR) is 103 cm³/mol. The number of nitro groups is 1. The lowest BCUT2D eigenvalue weighted by Gasteiger charge is -2.16. The van der Waals surface area contributed by atoms with Crippen LogP contribution in [0.2, 0.25) is 0 Å². The van der Waals surface area contributed by atoms with Crippen LogP contribution in [0.25, 0.3) is 6.08 Å². The van der Waals surface area contributed by atoms with E-state index in [0.717, 1.165) is 11.1 Å². The van der Waals surface area contributed by atoms with Crippen LogP contribution < -0.4 is 9.47 Å². The van der Waals surface area contributed by atoms with Crippen molar-refractivity contribution in [1.29, 1.82) is 0 Å². The van der Waals surface area contributed by atoms with Crippen molar-refractivity contribution < 1.29 is 14.4 Å². The predicted octanol–water partition coefficient (Wildman–Crippen LogP) is 4.90. The maximum Gasteiger partial charge on any atom is 0.158 e. The molecule has 0 bridgehead atoms. The molecule has 3 aromatic rings. The Kier molecular flexibility index (Phi) is 6.20. The Hall–Kier alpha value is -3.60. The van der Waals surface area contributed by atoms with Crippen LogP contribution in [-0.2, 0) is 13.2 Å². The van der Waals surface area contributed by atoms with Crippen molar-refractivity contribution >= 4 is 6.08 Å². The third-order valence-corrected chi connectivity index (χ3v) is 3.78. The first-order valence-electron chi connectivity index (χ1n) is 8.42. The summed E-state index contributed by atoms with van der Waals surface area (Å²) in [6.07, 6.45) is 3.34. The fourth-order valence-corrected chi connectivity index (χ4v) is 2.44. The number of nitrogens with zero attached hydrogens (tertiary/aromatic N) is 1. The molecule has 0 saturated carbocycles. The van der Waals surface area contributed by atoms with Crippen molar-refractivity contribution in [3.8, 4) is 11.5 Å². The highest BCUT2D eigenvalue weighted by Gasteiger charge is 2.05. The van der Waals surface area contributed by atoms with Crippen LogP contribution in [0.4, 0.5) is 0 Å². The van der Waals surface area contributed by atoms with E-state index < -0.39 is 4.92 Å². The summed E-state index contributed by atoms with van der Waals surface area (Å²) < 4.78 is 11.8. The average Bonchev–Trinajstić information content (AvgIpc) is 2.71. The van der Waals surface area contributed by atoms with Gasteiger partial charge in [0.2, 0.25) is 0 Å². The zero-order chi connectivity index (χ0) is 18.9. The molecular weight excluding hydrogens is 342 g/mol. The van der Waals surface area contributed by atoms with Gasteiger partial charge in [-0.05, 0) is 22.1 Å². The summed E-state index contributed by atoms with van der Waals surface area (Å²) in [5.74, 6) is 1.10. The monoisotopic (exact) mass is 360 g/mol. The van der Waals surface area contributed by atoms with E-state index in [2.05, 4.69) is 0 Å². The van der Waals surface area contributed by atoms with Crippen LogP contribution in [-0.4, -0.2) is 4.92 Å². The lowest BCUT2D eigenvalue weighted by Crippen LogP contribution is -2.01. The van der Waals surface area contributed by atoms with Crippen molar-refractivity contribution in [2.24, 2.45) is 0 Å². The quantitative estimate of drug-likeness (QED) is 0.248. The second-order valence-corrected chi connectivity index (χ2v) is 5.79. The van der Waals surface area contributed by atoms with E-state index in [4.69, 9.17) is 9.47 Å². The summed E-state index contributed by atoms with van der Waals surface area (Å²) in [4.78, 5) is 9.88. The van der Waals surface area contributed by atoms with E-state index in [9.17, 15) is 10.1 Å². The highest BCUT2D eigenvalue weighted by Crippen LogP contribution is 2.30. The van der Waals surface area contributed by atoms with E-state index in [1.165, 1.54) is 6.08 Å². The standard InChI is InChI=1S/C22H18NO4/c24-23(25)14-13-18-11-12-21(26-16-19-7-3-1-4-8-19)22(15-18)27-17-20-9-5-2-6-10-20/h1-13,15H,16-17H2/q-1. The van der Waals surface area contributed by atoms with Gasteiger partial charge in [-0.25, -0.2) is 0 Å². The maximum absolute atomic E-state index is 10.5. The zero-order valence-corrected chi connectivity index (χ0v) is 14.6. The molecule has 0 fully saturated rings. The Balaban J connectivity index is 1.78. The van der Waals surface area contributed by atoms with E-state index >= 15 is 0 Å². The topological polar surface area (TPSA) is 61.6 Å². The highest BCUT2D eigenvalue weighted by atomic mass is 16.6. The fraction of sp³-hybridized carbons (Fsp3) is 0.0909. The lowest BCUT2D eigenvalue weighted by atomic mass is 10.2. The summed E-state index contributed by atoms with van der Waals surface area (Å²) in [5, 5.41) is 10.5. The first kappa shape index (κ1) is 18.2. The molecule has 5 heteroatoms. The van der Waals surface area contributed by atoms with Gasteiger partial charge >= 0.3 is 0 Å². The fourth-order valence-electron chi connectivity index (χ4n) is 2.44. The lowest BCUT2D eigenvalue weighted by molar-refractivity contribution is -0.417. The largest absolute Gasteiger partial charge is 0.487 e. The number of ether oxygens (including phenoxy) is 2. The molecule has 0 atom stereocenters. The van der Waals surface area contributed by atoms with Crippen molar-refractivity contribution in [2.75, 3.05) is 0 Å². The Bertz CT molecular complexity index is 908. The van der Waals surface area contributed by atoms with Crippen molar-refractivity contribution in [3.05, 3.63) is 112 Å². The minimum absolute atomic E-state index is 0.370. The molecule has 0 radical (unpaired) electrons. The summed E-state index contributed by atoms with van der Waals surface area (Å²) in [5.41, 5.74) is 2.67. The molecule has 0 aliphatic carbocycles. The minimum Gasteiger partial charge on any atom is -0.487 e. The van der Waals surface area contributed by atoms with Crippen LogP contribution in [0.5, 0.6) is 11.5 Å². The highest BCUT2D eigenvalue weighted by molar-refractivity contribution is 5.54. The molecule has 136 valence electrons. The second kappa shape index (κ2) is 9.20. The van der Waals surface area contributed by atoms with Crippen molar-refractivity contribution in [2.45, 2.75) is 13.2 Å². The maximum atomic E-state index is 10.5. The summed E-state index contributed by atoms with van der Waals surface area (Å²) in [6, 6.07) is 24.8. The minimum atomic E-state index is -0.621. The summed E-state index contributed by atoms with van der Waals surface area (Å²) in [6.45, 7) is 0.771. The Morgan fingerprint density at radius 2 is 1.37 bits per heavy atom. The average molecular weight is 360 g/mol. The molecule has 3 aromatic carbocycles. The number of benzene rings is 3. The Labute approximate surface area is 157 Å². The molecular formula is C22H18NO4-. The SMILES string of the molecule is O=[N+]([O-])[C-]=Cc1ccc(OCc2ccccc2)c(OCc2ccccc2)c1. The molecule has 0 saturated heterocycles. The van der Waals surface area contributed by atoms with Gasteiger partial charge in [0.15, 0.2) is 5.75 Å². The number of rotatable bonds is 8. The van der Waals surface area contributed by atoms with E-state index in [-0.39, 0.29) is 0 Å². The zero-order valence-electron chi connectivity index (χ0n) is 14.6. The first-order chi connectivity index (χ1) is 13.2. The van der Waals surface area contributed by atoms with E-state index in [1.807, 2.05) is 66.9 Å². The molecule has 27 heavy (non-hydrogen) atoms. The van der Waals surface area contributed by atoms with Gasteiger partial charge in [-0.15, -0.1) is 6.07 Å². The molecule has 0 aromatic heterocycles. The van der Waals surface area contributed by atoms with Gasteiger partial charge in [0.25, 0.3) is 0 Å². The smallest absolute Gasteiger partial charge is 0.158 e. The molecule has 0 heterocycles. The molecule has 0 unspecified atom stereocenters. The van der Waals surface area contributed by atoms with Crippen LogP contribution >= 0.6 is 0 Å². The molecule has 0 aliphatic rings. The van der Waals surface area contributed by atoms with Crippen LogP contribution in [0, 0.1) is 16.3 Å². The van der Waals surface area contributed by atoms with Gasteiger partial charge in [0.05, 0.1) is 0 Å². The number of hydrogen-bond acceptors (Lipinski definition) is 4. The molecule has 3 rings (SSSR count). The van der Waals surface area contributed by atoms with Crippen LogP contribution in [0.1, 0.15) is 16.7 Å². The second-order valence-electron chi connectivity index (χ2n) is 5.79. The first-order valence-corrected chi connectivity index (χ1v) is 8.42. The molecule has 0 amide bonds. The summed E-state index contributed by atoms with van der Waals surface area (Å²) >= 11 is 0. The van der Waals surface area contributed by atoms with Crippen LogP contribution in [0.15, 0.2) is 78.9 Å². The Morgan fingerprint density at radius 3 is 1.93 bits per heavy atom. The van der Waals surface area contributed by atoms with Gasteiger partial charge in [0.1, 0.15) is 25.2 Å². The van der Waals surface area contributed by atoms with Gasteiger partial charge in [-0.1, -0.05) is 66.7 Å². The van der Waals surface area contributed by atoms with Gasteiger partial charge in [-0.2, -0.15) is 11.6 Å². The number of hydrogen-bond donors (Lipinski definition) is 0. The molecule has 0 spiro atoms. The van der Waals surface area contributed by atoms with Crippen molar-refractivity contribution in [1.82, 2.24) is 0 Å². The summed E-state index contributed by atoms with van der Waals surface area (Å²) in [7, 11) is 0. The third-order valence-electron chi connectivity index (χ3n) is 3.78. The van der Waals surface area contributed by atoms with Crippen molar-refractivity contribution in [3.63, 3.8) is 0 Å². The van der Waals surface area contributed by atoms with E-state index in [1.54, 1.807) is 18.2 Å². The van der Waals surface area contributed by atoms with Gasteiger partial charge in [0, 0.05) is 0 Å².